The fraction of sp³-hybridized carbons (Fsp3) is 0.344. The fourth-order valence-electron chi connectivity index (χ4n) is 5.25. The first kappa shape index (κ1) is 26.8. The number of amides is 1. The predicted octanol–water partition coefficient (Wildman–Crippen LogP) is 4.74. The standard InChI is InChI=1S/C32H37N3O4/c1-34-22-28(26-10-6-7-11-29(26)34)27(21-32(36)33-14-15-35-16-18-38-19-17-35)25-12-13-30(31(20-25)37-2)39-23-24-8-4-3-5-9-24/h3-13,20,22,27H,14-19,21,23H2,1-2H3,(H,33,36)/t27-/m1/s1. The Morgan fingerprint density at radius 1 is 1.00 bits per heavy atom. The minimum atomic E-state index is -0.142. The molecular formula is C32H37N3O4. The Bertz CT molecular complexity index is 1380. The molecule has 0 bridgehead atoms. The average molecular weight is 528 g/mol. The van der Waals surface area contributed by atoms with E-state index >= 15 is 0 Å². The van der Waals surface area contributed by atoms with Crippen molar-refractivity contribution in [2.24, 2.45) is 7.05 Å². The summed E-state index contributed by atoms with van der Waals surface area (Å²) in [6.07, 6.45) is 2.48. The van der Waals surface area contributed by atoms with Crippen LogP contribution in [0, 0.1) is 0 Å². The summed E-state index contributed by atoms with van der Waals surface area (Å²) >= 11 is 0. The van der Waals surface area contributed by atoms with Crippen molar-refractivity contribution >= 4 is 16.8 Å². The number of fused-ring (bicyclic) bond motifs is 1. The Morgan fingerprint density at radius 3 is 2.56 bits per heavy atom. The van der Waals surface area contributed by atoms with Gasteiger partial charge in [0.2, 0.25) is 5.91 Å². The maximum atomic E-state index is 13.2. The number of aromatic nitrogens is 1. The zero-order chi connectivity index (χ0) is 27.0. The van der Waals surface area contributed by atoms with Crippen molar-refractivity contribution < 1.29 is 19.0 Å². The van der Waals surface area contributed by atoms with E-state index in [-0.39, 0.29) is 11.8 Å². The number of carbonyl (C=O) groups excluding carboxylic acids is 1. The first-order valence-corrected chi connectivity index (χ1v) is 13.6. The molecule has 1 fully saturated rings. The van der Waals surface area contributed by atoms with Crippen LogP contribution in [0.4, 0.5) is 0 Å². The number of methoxy groups -OCH3 is 1. The number of benzene rings is 3. The van der Waals surface area contributed by atoms with Gasteiger partial charge in [0.05, 0.1) is 20.3 Å². The highest BCUT2D eigenvalue weighted by molar-refractivity contribution is 5.86. The Kier molecular flexibility index (Phi) is 8.81. The maximum absolute atomic E-state index is 13.2. The molecule has 1 aliphatic heterocycles. The van der Waals surface area contributed by atoms with Crippen LogP contribution in [0.15, 0.2) is 79.0 Å². The van der Waals surface area contributed by atoms with Crippen LogP contribution < -0.4 is 14.8 Å². The number of morpholine rings is 1. The summed E-state index contributed by atoms with van der Waals surface area (Å²) in [7, 11) is 3.70. The largest absolute Gasteiger partial charge is 0.493 e. The highest BCUT2D eigenvalue weighted by atomic mass is 16.5. The van der Waals surface area contributed by atoms with Crippen LogP contribution >= 0.6 is 0 Å². The van der Waals surface area contributed by atoms with E-state index in [0.717, 1.165) is 60.4 Å². The smallest absolute Gasteiger partial charge is 0.220 e. The molecule has 5 rings (SSSR count). The van der Waals surface area contributed by atoms with Crippen LogP contribution in [0.2, 0.25) is 0 Å². The molecule has 1 saturated heterocycles. The van der Waals surface area contributed by atoms with Gasteiger partial charge >= 0.3 is 0 Å². The molecule has 39 heavy (non-hydrogen) atoms. The Labute approximate surface area is 230 Å². The molecule has 204 valence electrons. The summed E-state index contributed by atoms with van der Waals surface area (Å²) in [5, 5.41) is 4.30. The Morgan fingerprint density at radius 2 is 1.77 bits per heavy atom. The van der Waals surface area contributed by atoms with Gasteiger partial charge in [-0.15, -0.1) is 0 Å². The number of ether oxygens (including phenoxy) is 3. The number of hydrogen-bond acceptors (Lipinski definition) is 5. The topological polar surface area (TPSA) is 65.0 Å². The molecule has 0 aliphatic carbocycles. The quantitative estimate of drug-likeness (QED) is 0.305. The summed E-state index contributed by atoms with van der Waals surface area (Å²) < 4.78 is 19.4. The molecule has 7 heteroatoms. The van der Waals surface area contributed by atoms with E-state index in [9.17, 15) is 4.79 Å². The SMILES string of the molecule is COc1cc([C@@H](CC(=O)NCCN2CCOCC2)c2cn(C)c3ccccc23)ccc1OCc1ccccc1. The van der Waals surface area contributed by atoms with E-state index < -0.39 is 0 Å². The Hall–Kier alpha value is -3.81. The van der Waals surface area contributed by atoms with Crippen LogP contribution in [0.3, 0.4) is 0 Å². The van der Waals surface area contributed by atoms with Crippen LogP contribution in [-0.4, -0.2) is 61.9 Å². The van der Waals surface area contributed by atoms with Crippen molar-refractivity contribution in [3.05, 3.63) is 95.7 Å². The second-order valence-electron chi connectivity index (χ2n) is 9.96. The molecule has 3 aromatic carbocycles. The Balaban J connectivity index is 1.38. The summed E-state index contributed by atoms with van der Waals surface area (Å²) in [5.41, 5.74) is 4.36. The van der Waals surface area contributed by atoms with Gasteiger partial charge in [-0.1, -0.05) is 54.6 Å². The summed E-state index contributed by atoms with van der Waals surface area (Å²) in [4.78, 5) is 15.6. The zero-order valence-corrected chi connectivity index (χ0v) is 22.8. The van der Waals surface area contributed by atoms with Gasteiger partial charge in [0, 0.05) is 62.7 Å². The first-order valence-electron chi connectivity index (χ1n) is 13.6. The second-order valence-corrected chi connectivity index (χ2v) is 9.96. The molecule has 0 unspecified atom stereocenters. The van der Waals surface area contributed by atoms with Crippen molar-refractivity contribution in [2.45, 2.75) is 18.9 Å². The summed E-state index contributed by atoms with van der Waals surface area (Å²) in [6, 6.07) is 24.4. The van der Waals surface area contributed by atoms with Crippen molar-refractivity contribution in [3.8, 4) is 11.5 Å². The molecule has 1 aromatic heterocycles. The normalized spacial score (nSPS) is 14.7. The average Bonchev–Trinajstić information content (AvgIpc) is 3.32. The highest BCUT2D eigenvalue weighted by Crippen LogP contribution is 2.38. The lowest BCUT2D eigenvalue weighted by molar-refractivity contribution is -0.121. The van der Waals surface area contributed by atoms with Gasteiger partial charge in [-0.05, 0) is 34.9 Å². The molecule has 1 aliphatic rings. The van der Waals surface area contributed by atoms with Crippen molar-refractivity contribution in [1.29, 1.82) is 0 Å². The van der Waals surface area contributed by atoms with Crippen LogP contribution in [0.5, 0.6) is 11.5 Å². The van der Waals surface area contributed by atoms with Crippen LogP contribution in [0.25, 0.3) is 10.9 Å². The van der Waals surface area contributed by atoms with Crippen LogP contribution in [-0.2, 0) is 23.2 Å². The van der Waals surface area contributed by atoms with Crippen molar-refractivity contribution in [3.63, 3.8) is 0 Å². The molecule has 2 heterocycles. The van der Waals surface area contributed by atoms with E-state index in [1.54, 1.807) is 7.11 Å². The fourth-order valence-corrected chi connectivity index (χ4v) is 5.25. The van der Waals surface area contributed by atoms with Crippen LogP contribution in [0.1, 0.15) is 29.0 Å². The van der Waals surface area contributed by atoms with Gasteiger partial charge in [-0.25, -0.2) is 0 Å². The van der Waals surface area contributed by atoms with E-state index in [0.29, 0.717) is 31.1 Å². The third-order valence-corrected chi connectivity index (χ3v) is 7.37. The molecule has 1 amide bonds. The third-order valence-electron chi connectivity index (χ3n) is 7.37. The second kappa shape index (κ2) is 12.8. The van der Waals surface area contributed by atoms with Gasteiger partial charge in [-0.2, -0.15) is 0 Å². The van der Waals surface area contributed by atoms with Crippen molar-refractivity contribution in [1.82, 2.24) is 14.8 Å². The molecule has 7 nitrogen and oxygen atoms in total. The number of carbonyl (C=O) groups is 1. The molecule has 1 atom stereocenters. The highest BCUT2D eigenvalue weighted by Gasteiger charge is 2.24. The third kappa shape index (κ3) is 6.61. The first-order chi connectivity index (χ1) is 19.1. The van der Waals surface area contributed by atoms with Gasteiger partial charge in [0.25, 0.3) is 0 Å². The molecule has 4 aromatic rings. The van der Waals surface area contributed by atoms with E-state index in [4.69, 9.17) is 14.2 Å². The van der Waals surface area contributed by atoms with Gasteiger partial charge in [0.15, 0.2) is 11.5 Å². The van der Waals surface area contributed by atoms with Gasteiger partial charge in [0.1, 0.15) is 6.61 Å². The minimum absolute atomic E-state index is 0.0320. The van der Waals surface area contributed by atoms with E-state index in [1.165, 1.54) is 0 Å². The van der Waals surface area contributed by atoms with Crippen molar-refractivity contribution in [2.75, 3.05) is 46.5 Å². The minimum Gasteiger partial charge on any atom is -0.493 e. The number of aryl methyl sites for hydroxylation is 1. The lowest BCUT2D eigenvalue weighted by Gasteiger charge is -2.26. The number of rotatable bonds is 11. The monoisotopic (exact) mass is 527 g/mol. The lowest BCUT2D eigenvalue weighted by Crippen LogP contribution is -2.41. The van der Waals surface area contributed by atoms with Gasteiger partial charge in [-0.3, -0.25) is 9.69 Å². The molecule has 1 N–H and O–H groups in total. The number of nitrogens with zero attached hydrogens (tertiary/aromatic N) is 2. The van der Waals surface area contributed by atoms with E-state index in [1.807, 2.05) is 61.6 Å². The summed E-state index contributed by atoms with van der Waals surface area (Å²) in [5.74, 6) is 1.22. The number of hydrogen-bond donors (Lipinski definition) is 1. The van der Waals surface area contributed by atoms with Gasteiger partial charge < -0.3 is 24.1 Å². The molecule has 0 saturated carbocycles. The predicted molar refractivity (Wildman–Crippen MR) is 153 cm³/mol. The molecular weight excluding hydrogens is 490 g/mol. The summed E-state index contributed by atoms with van der Waals surface area (Å²) in [6.45, 7) is 5.23. The molecule has 0 spiro atoms. The number of nitrogens with one attached hydrogen (secondary N) is 1. The number of para-hydroxylation sites is 1. The lowest BCUT2D eigenvalue weighted by atomic mass is 9.87. The molecule has 0 radical (unpaired) electrons. The zero-order valence-electron chi connectivity index (χ0n) is 22.8. The van der Waals surface area contributed by atoms with E-state index in [2.05, 4.69) is 39.2 Å². The maximum Gasteiger partial charge on any atom is 0.220 e.